The van der Waals surface area contributed by atoms with Crippen LogP contribution in [-0.2, 0) is 12.8 Å². The number of nitrogens with one attached hydrogen (secondary N) is 1. The predicted molar refractivity (Wildman–Crippen MR) is 117 cm³/mol. The third kappa shape index (κ3) is 3.08. The molecule has 0 aliphatic heterocycles. The average Bonchev–Trinajstić information content (AvgIpc) is 3.10. The summed E-state index contributed by atoms with van der Waals surface area (Å²) in [5.41, 5.74) is 2.10. The van der Waals surface area contributed by atoms with E-state index in [2.05, 4.69) is 19.2 Å². The van der Waals surface area contributed by atoms with Crippen LogP contribution in [0.2, 0.25) is 0 Å². The molecule has 1 amide bonds. The monoisotopic (exact) mass is 409 g/mol. The van der Waals surface area contributed by atoms with Crippen LogP contribution in [0.3, 0.4) is 0 Å². The minimum atomic E-state index is -0.124. The first-order valence-electron chi connectivity index (χ1n) is 10.8. The van der Waals surface area contributed by atoms with Gasteiger partial charge in [-0.15, -0.1) is 11.3 Å². The zero-order chi connectivity index (χ0) is 20.1. The van der Waals surface area contributed by atoms with Gasteiger partial charge in [-0.1, -0.05) is 26.7 Å². The Balaban J connectivity index is 1.59. The topological polar surface area (TPSA) is 63.5 Å². The molecule has 3 aromatic heterocycles. The molecule has 1 N–H and O–H groups in total. The van der Waals surface area contributed by atoms with Gasteiger partial charge in [-0.25, -0.2) is 4.98 Å². The van der Waals surface area contributed by atoms with E-state index < -0.39 is 0 Å². The molecule has 5 rings (SSSR count). The van der Waals surface area contributed by atoms with E-state index >= 15 is 0 Å². The fourth-order valence-electron chi connectivity index (χ4n) is 5.05. The molecule has 1 saturated carbocycles. The summed E-state index contributed by atoms with van der Waals surface area (Å²) in [5.74, 6) is 0.940. The van der Waals surface area contributed by atoms with Crippen LogP contribution in [0, 0.1) is 11.8 Å². The third-order valence-electron chi connectivity index (χ3n) is 7.03. The van der Waals surface area contributed by atoms with Gasteiger partial charge in [0.2, 0.25) is 0 Å². The Kier molecular flexibility index (Phi) is 4.69. The van der Waals surface area contributed by atoms with Crippen molar-refractivity contribution >= 4 is 33.1 Å². The molecule has 29 heavy (non-hydrogen) atoms. The SMILES string of the molecule is C[C@H]1[C@H](C)CCC[C@H]1NC(=O)c1cccn2c(=O)c3c4c(sc3nc12)CCCC4. The lowest BCUT2D eigenvalue weighted by Crippen LogP contribution is -2.43. The highest BCUT2D eigenvalue weighted by molar-refractivity contribution is 7.18. The Morgan fingerprint density at radius 3 is 2.90 bits per heavy atom. The van der Waals surface area contributed by atoms with Crippen LogP contribution < -0.4 is 10.9 Å². The number of fused-ring (bicyclic) bond motifs is 4. The molecule has 152 valence electrons. The van der Waals surface area contributed by atoms with Gasteiger partial charge in [0.05, 0.1) is 10.9 Å². The standard InChI is InChI=1S/C23H27N3O2S/c1-13-7-5-10-17(14(13)2)24-21(27)16-9-6-12-26-20(16)25-22-19(23(26)28)15-8-3-4-11-18(15)29-22/h6,9,12-14,17H,3-5,7-8,10-11H2,1-2H3,(H,24,27)/t13-,14+,17-/m1/s1. The molecule has 0 aromatic carbocycles. The van der Waals surface area contributed by atoms with Crippen LogP contribution in [-0.4, -0.2) is 21.3 Å². The van der Waals surface area contributed by atoms with E-state index in [0.29, 0.717) is 23.0 Å². The molecule has 5 nitrogen and oxygen atoms in total. The zero-order valence-electron chi connectivity index (χ0n) is 17.0. The normalized spacial score (nSPS) is 24.6. The first kappa shape index (κ1) is 18.8. The summed E-state index contributed by atoms with van der Waals surface area (Å²) in [5, 5.41) is 3.99. The first-order valence-corrected chi connectivity index (χ1v) is 11.6. The van der Waals surface area contributed by atoms with Crippen molar-refractivity contribution in [3.63, 3.8) is 0 Å². The Labute approximate surface area is 174 Å². The lowest BCUT2D eigenvalue weighted by molar-refractivity contribution is 0.0892. The quantitative estimate of drug-likeness (QED) is 0.685. The second-order valence-electron chi connectivity index (χ2n) is 8.77. The second kappa shape index (κ2) is 7.24. The van der Waals surface area contributed by atoms with Crippen molar-refractivity contribution in [2.75, 3.05) is 0 Å². The number of hydrogen-bond acceptors (Lipinski definition) is 4. The summed E-state index contributed by atoms with van der Waals surface area (Å²) in [6.45, 7) is 4.48. The Morgan fingerprint density at radius 1 is 1.21 bits per heavy atom. The molecule has 0 bridgehead atoms. The number of hydrogen-bond donors (Lipinski definition) is 1. The van der Waals surface area contributed by atoms with E-state index in [9.17, 15) is 9.59 Å². The summed E-state index contributed by atoms with van der Waals surface area (Å²) in [6.07, 6.45) is 9.40. The van der Waals surface area contributed by atoms with E-state index in [1.165, 1.54) is 23.3 Å². The van der Waals surface area contributed by atoms with Crippen molar-refractivity contribution < 1.29 is 4.79 Å². The molecule has 0 radical (unpaired) electrons. The van der Waals surface area contributed by atoms with Crippen molar-refractivity contribution in [2.45, 2.75) is 64.8 Å². The van der Waals surface area contributed by atoms with Crippen molar-refractivity contribution in [2.24, 2.45) is 11.8 Å². The van der Waals surface area contributed by atoms with Gasteiger partial charge >= 0.3 is 0 Å². The molecule has 1 fully saturated rings. The highest BCUT2D eigenvalue weighted by atomic mass is 32.1. The van der Waals surface area contributed by atoms with E-state index in [1.807, 2.05) is 0 Å². The maximum Gasteiger partial charge on any atom is 0.266 e. The van der Waals surface area contributed by atoms with Gasteiger partial charge in [-0.2, -0.15) is 0 Å². The Bertz CT molecular complexity index is 1160. The van der Waals surface area contributed by atoms with Gasteiger partial charge in [-0.3, -0.25) is 14.0 Å². The van der Waals surface area contributed by atoms with Crippen LogP contribution in [0.25, 0.3) is 15.9 Å². The number of carbonyl (C=O) groups is 1. The molecular weight excluding hydrogens is 382 g/mol. The summed E-state index contributed by atoms with van der Waals surface area (Å²) in [6, 6.07) is 3.74. The van der Waals surface area contributed by atoms with Crippen molar-refractivity contribution in [3.8, 4) is 0 Å². The summed E-state index contributed by atoms with van der Waals surface area (Å²) < 4.78 is 1.56. The number of carbonyl (C=O) groups excluding carboxylic acids is 1. The minimum absolute atomic E-state index is 0.0429. The molecular formula is C23H27N3O2S. The minimum Gasteiger partial charge on any atom is -0.349 e. The summed E-state index contributed by atoms with van der Waals surface area (Å²) in [4.78, 5) is 33.3. The molecule has 3 aromatic rings. The van der Waals surface area contributed by atoms with Crippen molar-refractivity contribution in [1.82, 2.24) is 14.7 Å². The Hall–Kier alpha value is -2.21. The highest BCUT2D eigenvalue weighted by Crippen LogP contribution is 2.34. The highest BCUT2D eigenvalue weighted by Gasteiger charge is 2.29. The maximum absolute atomic E-state index is 13.3. The number of thiophene rings is 1. The number of nitrogens with zero attached hydrogens (tertiary/aromatic N) is 2. The van der Waals surface area contributed by atoms with Crippen LogP contribution in [0.1, 0.15) is 66.8 Å². The lowest BCUT2D eigenvalue weighted by atomic mass is 9.78. The lowest BCUT2D eigenvalue weighted by Gasteiger charge is -2.34. The van der Waals surface area contributed by atoms with E-state index in [-0.39, 0.29) is 17.5 Å². The summed E-state index contributed by atoms with van der Waals surface area (Å²) in [7, 11) is 0. The number of aryl methyl sites for hydroxylation is 2. The molecule has 3 atom stereocenters. The van der Waals surface area contributed by atoms with Gasteiger partial charge in [-0.05, 0) is 61.6 Å². The van der Waals surface area contributed by atoms with Crippen LogP contribution in [0.5, 0.6) is 0 Å². The van der Waals surface area contributed by atoms with Crippen LogP contribution >= 0.6 is 11.3 Å². The first-order chi connectivity index (χ1) is 14.0. The van der Waals surface area contributed by atoms with Crippen molar-refractivity contribution in [1.29, 1.82) is 0 Å². The molecule has 0 spiro atoms. The van der Waals surface area contributed by atoms with Crippen LogP contribution in [0.4, 0.5) is 0 Å². The molecule has 3 heterocycles. The van der Waals surface area contributed by atoms with Crippen LogP contribution in [0.15, 0.2) is 23.1 Å². The molecule has 2 aliphatic carbocycles. The predicted octanol–water partition coefficient (Wildman–Crippen LogP) is 4.34. The number of amides is 1. The smallest absolute Gasteiger partial charge is 0.266 e. The van der Waals surface area contributed by atoms with Gasteiger partial charge < -0.3 is 5.32 Å². The number of pyridine rings is 1. The zero-order valence-corrected chi connectivity index (χ0v) is 17.8. The fraction of sp³-hybridized carbons (Fsp3) is 0.522. The second-order valence-corrected chi connectivity index (χ2v) is 9.85. The Morgan fingerprint density at radius 2 is 2.03 bits per heavy atom. The van der Waals surface area contributed by atoms with Gasteiger partial charge in [0.15, 0.2) is 5.65 Å². The van der Waals surface area contributed by atoms with E-state index in [1.54, 1.807) is 34.1 Å². The molecule has 0 unspecified atom stereocenters. The molecule has 0 saturated heterocycles. The molecule has 6 heteroatoms. The molecule has 2 aliphatic rings. The fourth-order valence-corrected chi connectivity index (χ4v) is 6.31. The van der Waals surface area contributed by atoms with Crippen molar-refractivity contribution in [3.05, 3.63) is 44.7 Å². The van der Waals surface area contributed by atoms with Gasteiger partial charge in [0.25, 0.3) is 11.5 Å². The number of aromatic nitrogens is 2. The van der Waals surface area contributed by atoms with Gasteiger partial charge in [0.1, 0.15) is 4.83 Å². The van der Waals surface area contributed by atoms with E-state index in [4.69, 9.17) is 4.98 Å². The maximum atomic E-state index is 13.3. The van der Waals surface area contributed by atoms with E-state index in [0.717, 1.165) is 42.3 Å². The number of rotatable bonds is 2. The summed E-state index contributed by atoms with van der Waals surface area (Å²) >= 11 is 1.63. The largest absolute Gasteiger partial charge is 0.349 e. The van der Waals surface area contributed by atoms with Gasteiger partial charge in [0, 0.05) is 17.1 Å². The third-order valence-corrected chi connectivity index (χ3v) is 8.21. The average molecular weight is 410 g/mol.